The lowest BCUT2D eigenvalue weighted by atomic mass is 10.0. The van der Waals surface area contributed by atoms with Crippen molar-refractivity contribution in [2.45, 2.75) is 12.5 Å². The first-order chi connectivity index (χ1) is 11.5. The number of benzene rings is 1. The number of carbonyl (C=O) groups is 2. The van der Waals surface area contributed by atoms with Crippen molar-refractivity contribution in [2.75, 3.05) is 33.9 Å². The lowest BCUT2D eigenvalue weighted by Gasteiger charge is -2.38. The van der Waals surface area contributed by atoms with Crippen molar-refractivity contribution in [2.24, 2.45) is 0 Å². The van der Waals surface area contributed by atoms with Crippen LogP contribution in [0.3, 0.4) is 0 Å². The molecular weight excluding hydrogens is 310 g/mol. The zero-order valence-corrected chi connectivity index (χ0v) is 14.0. The zero-order chi connectivity index (χ0) is 17.3. The van der Waals surface area contributed by atoms with Crippen LogP contribution in [0, 0.1) is 0 Å². The van der Waals surface area contributed by atoms with Gasteiger partial charge in [0.15, 0.2) is 5.60 Å². The third kappa shape index (κ3) is 2.71. The van der Waals surface area contributed by atoms with Crippen LogP contribution in [0.15, 0.2) is 24.4 Å². The average Bonchev–Trinajstić information content (AvgIpc) is 3.03. The highest BCUT2D eigenvalue weighted by Crippen LogP contribution is 2.26. The molecule has 1 aliphatic heterocycles. The molecule has 128 valence electrons. The minimum absolute atomic E-state index is 0.132. The van der Waals surface area contributed by atoms with E-state index in [0.717, 1.165) is 10.9 Å². The van der Waals surface area contributed by atoms with E-state index < -0.39 is 5.60 Å². The normalized spacial score (nSPS) is 20.9. The summed E-state index contributed by atoms with van der Waals surface area (Å²) in [7, 11) is 3.15. The summed E-state index contributed by atoms with van der Waals surface area (Å²) in [6, 6.07) is 5.54. The fourth-order valence-electron chi connectivity index (χ4n) is 3.02. The van der Waals surface area contributed by atoms with Crippen molar-refractivity contribution in [3.05, 3.63) is 30.0 Å². The molecule has 1 saturated heterocycles. The van der Waals surface area contributed by atoms with E-state index in [-0.39, 0.29) is 18.4 Å². The van der Waals surface area contributed by atoms with Gasteiger partial charge in [-0.2, -0.15) is 0 Å². The first-order valence-electron chi connectivity index (χ1n) is 7.79. The summed E-state index contributed by atoms with van der Waals surface area (Å²) in [6.07, 6.45) is 1.69. The summed E-state index contributed by atoms with van der Waals surface area (Å²) in [4.78, 5) is 29.7. The van der Waals surface area contributed by atoms with Crippen LogP contribution in [-0.2, 0) is 9.53 Å². The van der Waals surface area contributed by atoms with Gasteiger partial charge in [-0.1, -0.05) is 0 Å². The summed E-state index contributed by atoms with van der Waals surface area (Å²) >= 11 is 0. The number of aromatic amines is 1. The number of hydrogen-bond donors (Lipinski definition) is 2. The van der Waals surface area contributed by atoms with Gasteiger partial charge in [0.2, 0.25) is 0 Å². The van der Waals surface area contributed by atoms with E-state index in [0.29, 0.717) is 24.5 Å². The van der Waals surface area contributed by atoms with Crippen molar-refractivity contribution in [3.63, 3.8) is 0 Å². The molecule has 0 aliphatic carbocycles. The van der Waals surface area contributed by atoms with E-state index in [2.05, 4.69) is 10.3 Å². The molecule has 2 heterocycles. The highest BCUT2D eigenvalue weighted by molar-refractivity contribution is 6.07. The SMILES string of the molecule is CNC(=O)[C@]1(C)CN(C(=O)c2c[nH]c3ccc(OC)cc23)CCO1. The van der Waals surface area contributed by atoms with Crippen molar-refractivity contribution in [1.29, 1.82) is 0 Å². The van der Waals surface area contributed by atoms with Crippen LogP contribution in [0.25, 0.3) is 10.9 Å². The molecule has 1 aromatic heterocycles. The van der Waals surface area contributed by atoms with E-state index in [4.69, 9.17) is 9.47 Å². The molecule has 0 unspecified atom stereocenters. The van der Waals surface area contributed by atoms with Crippen molar-refractivity contribution < 1.29 is 19.1 Å². The molecule has 1 aromatic carbocycles. The van der Waals surface area contributed by atoms with E-state index in [1.165, 1.54) is 0 Å². The minimum atomic E-state index is -1.04. The Morgan fingerprint density at radius 1 is 1.42 bits per heavy atom. The van der Waals surface area contributed by atoms with E-state index in [1.54, 1.807) is 32.2 Å². The Hall–Kier alpha value is -2.54. The fraction of sp³-hybridized carbons (Fsp3) is 0.412. The van der Waals surface area contributed by atoms with Gasteiger partial charge in [0.1, 0.15) is 5.75 Å². The number of H-pyrrole nitrogens is 1. The highest BCUT2D eigenvalue weighted by Gasteiger charge is 2.40. The molecule has 1 fully saturated rings. The monoisotopic (exact) mass is 331 g/mol. The number of carbonyl (C=O) groups excluding carboxylic acids is 2. The topological polar surface area (TPSA) is 83.7 Å². The number of rotatable bonds is 3. The standard InChI is InChI=1S/C17H21N3O4/c1-17(16(22)18-2)10-20(6-7-24-17)15(21)13-9-19-14-5-4-11(23-3)8-12(13)14/h4-5,8-9,19H,6-7,10H2,1-3H3,(H,18,22)/t17-/m0/s1. The molecule has 1 atom stereocenters. The largest absolute Gasteiger partial charge is 0.497 e. The second-order valence-electron chi connectivity index (χ2n) is 6.00. The van der Waals surface area contributed by atoms with E-state index in [9.17, 15) is 9.59 Å². The molecule has 3 rings (SSSR count). The number of aromatic nitrogens is 1. The molecule has 2 amide bonds. The summed E-state index contributed by atoms with van der Waals surface area (Å²) in [6.45, 7) is 2.68. The quantitative estimate of drug-likeness (QED) is 0.884. The summed E-state index contributed by atoms with van der Waals surface area (Å²) in [5, 5.41) is 3.39. The van der Waals surface area contributed by atoms with Gasteiger partial charge in [-0.05, 0) is 25.1 Å². The van der Waals surface area contributed by atoms with Gasteiger partial charge in [-0.15, -0.1) is 0 Å². The molecule has 2 aromatic rings. The Morgan fingerprint density at radius 2 is 2.21 bits per heavy atom. The van der Waals surface area contributed by atoms with Crippen LogP contribution in [0.5, 0.6) is 5.75 Å². The Labute approximate surface area is 139 Å². The Kier molecular flexibility index (Phi) is 4.19. The van der Waals surface area contributed by atoms with Crippen LogP contribution in [0.2, 0.25) is 0 Å². The van der Waals surface area contributed by atoms with Crippen LogP contribution in [-0.4, -0.2) is 61.2 Å². The number of ether oxygens (including phenoxy) is 2. The van der Waals surface area contributed by atoms with Gasteiger partial charge in [0.05, 0.1) is 25.8 Å². The predicted molar refractivity (Wildman–Crippen MR) is 89.2 cm³/mol. The third-order valence-electron chi connectivity index (χ3n) is 4.39. The Morgan fingerprint density at radius 3 is 2.92 bits per heavy atom. The predicted octanol–water partition coefficient (Wildman–Crippen LogP) is 1.15. The number of likely N-dealkylation sites (N-methyl/N-ethyl adjacent to an activating group) is 1. The second kappa shape index (κ2) is 6.16. The molecule has 7 heteroatoms. The van der Waals surface area contributed by atoms with E-state index >= 15 is 0 Å². The van der Waals surface area contributed by atoms with Gasteiger partial charge < -0.3 is 24.7 Å². The van der Waals surface area contributed by atoms with Crippen LogP contribution in [0.4, 0.5) is 0 Å². The summed E-state index contributed by atoms with van der Waals surface area (Å²) in [5.41, 5.74) is 0.387. The number of nitrogens with zero attached hydrogens (tertiary/aromatic N) is 1. The molecule has 0 radical (unpaired) electrons. The number of morpholine rings is 1. The van der Waals surface area contributed by atoms with Gasteiger partial charge >= 0.3 is 0 Å². The summed E-state index contributed by atoms with van der Waals surface area (Å²) < 4.78 is 10.8. The summed E-state index contributed by atoms with van der Waals surface area (Å²) in [5.74, 6) is 0.321. The lowest BCUT2D eigenvalue weighted by Crippen LogP contribution is -2.58. The van der Waals surface area contributed by atoms with Crippen molar-refractivity contribution in [3.8, 4) is 5.75 Å². The van der Waals surface area contributed by atoms with Crippen molar-refractivity contribution in [1.82, 2.24) is 15.2 Å². The van der Waals surface area contributed by atoms with Crippen molar-refractivity contribution >= 4 is 22.7 Å². The molecule has 2 N–H and O–H groups in total. The first-order valence-corrected chi connectivity index (χ1v) is 7.79. The van der Waals surface area contributed by atoms with Crippen LogP contribution < -0.4 is 10.1 Å². The number of fused-ring (bicyclic) bond motifs is 1. The Bertz CT molecular complexity index is 785. The number of nitrogens with one attached hydrogen (secondary N) is 2. The van der Waals surface area contributed by atoms with E-state index in [1.807, 2.05) is 18.2 Å². The maximum absolute atomic E-state index is 13.0. The minimum Gasteiger partial charge on any atom is -0.497 e. The highest BCUT2D eigenvalue weighted by atomic mass is 16.5. The molecule has 0 saturated carbocycles. The smallest absolute Gasteiger partial charge is 0.256 e. The molecular formula is C17H21N3O4. The Balaban J connectivity index is 1.90. The van der Waals surface area contributed by atoms with Gasteiger partial charge in [0.25, 0.3) is 11.8 Å². The maximum Gasteiger partial charge on any atom is 0.256 e. The zero-order valence-electron chi connectivity index (χ0n) is 14.0. The van der Waals surface area contributed by atoms with Gasteiger partial charge in [0, 0.05) is 30.7 Å². The molecule has 0 bridgehead atoms. The number of amides is 2. The average molecular weight is 331 g/mol. The maximum atomic E-state index is 13.0. The molecule has 0 spiro atoms. The second-order valence-corrected chi connectivity index (χ2v) is 6.00. The third-order valence-corrected chi connectivity index (χ3v) is 4.39. The molecule has 24 heavy (non-hydrogen) atoms. The number of hydrogen-bond acceptors (Lipinski definition) is 4. The number of methoxy groups -OCH3 is 1. The van der Waals surface area contributed by atoms with Gasteiger partial charge in [-0.3, -0.25) is 9.59 Å². The molecule has 1 aliphatic rings. The first kappa shape index (κ1) is 16.3. The lowest BCUT2D eigenvalue weighted by molar-refractivity contribution is -0.153. The van der Waals surface area contributed by atoms with Gasteiger partial charge in [-0.25, -0.2) is 0 Å². The molecule has 7 nitrogen and oxygen atoms in total. The van der Waals surface area contributed by atoms with Crippen LogP contribution in [0.1, 0.15) is 17.3 Å². The van der Waals surface area contributed by atoms with Crippen LogP contribution >= 0.6 is 0 Å². The fourth-order valence-corrected chi connectivity index (χ4v) is 3.02.